The fourth-order valence-electron chi connectivity index (χ4n) is 0.683. The molecular weight excluding hydrogens is 129 g/mol. The molecule has 1 aliphatic heterocycles. The van der Waals surface area contributed by atoms with E-state index in [9.17, 15) is 4.39 Å². The van der Waals surface area contributed by atoms with Crippen LogP contribution in [0, 0.1) is 0 Å². The summed E-state index contributed by atoms with van der Waals surface area (Å²) in [5.41, 5.74) is 1.02. The van der Waals surface area contributed by atoms with Crippen molar-refractivity contribution in [3.63, 3.8) is 0 Å². The second-order valence-electron chi connectivity index (χ2n) is 2.55. The van der Waals surface area contributed by atoms with Crippen LogP contribution < -0.4 is 0 Å². The number of hydrogen-bond donors (Lipinski definition) is 0. The van der Waals surface area contributed by atoms with E-state index in [1.807, 2.05) is 6.92 Å². The summed E-state index contributed by atoms with van der Waals surface area (Å²) in [5, 5.41) is 0. The molecule has 0 amide bonds. The molecule has 54 valence electrons. The van der Waals surface area contributed by atoms with Crippen LogP contribution in [0.25, 0.3) is 0 Å². The number of alkyl halides is 1. The highest BCUT2D eigenvalue weighted by molar-refractivity contribution is 5.74. The third-order valence-corrected chi connectivity index (χ3v) is 1.31. The van der Waals surface area contributed by atoms with Crippen LogP contribution in [0.4, 0.5) is 4.39 Å². The van der Waals surface area contributed by atoms with Crippen molar-refractivity contribution in [1.29, 1.82) is 0 Å². The molecule has 0 spiro atoms. The number of allylic oxidation sites excluding steroid dienone is 3. The van der Waals surface area contributed by atoms with Crippen molar-refractivity contribution in [3.05, 3.63) is 23.8 Å². The van der Waals surface area contributed by atoms with Crippen molar-refractivity contribution >= 4 is 6.21 Å². The number of nitrogens with zero attached hydrogens (tertiary/aromatic N) is 1. The summed E-state index contributed by atoms with van der Waals surface area (Å²) in [6.07, 6.45) is 6.45. The molecule has 0 aromatic heterocycles. The molecule has 2 heteroatoms. The summed E-state index contributed by atoms with van der Waals surface area (Å²) in [5.74, 6) is -1.52. The Morgan fingerprint density at radius 1 is 1.60 bits per heavy atom. The lowest BCUT2D eigenvalue weighted by Crippen LogP contribution is -2.08. The molecule has 0 radical (unpaired) electrons. The smallest absolute Gasteiger partial charge is 0.215 e. The van der Waals surface area contributed by atoms with Crippen molar-refractivity contribution in [2.24, 2.45) is 4.99 Å². The minimum atomic E-state index is -1.52. The van der Waals surface area contributed by atoms with Crippen molar-refractivity contribution in [2.45, 2.75) is 19.6 Å². The summed E-state index contributed by atoms with van der Waals surface area (Å²) in [6, 6.07) is 0. The van der Waals surface area contributed by atoms with Gasteiger partial charge in [0.15, 0.2) is 0 Å². The molecule has 1 atom stereocenters. The van der Waals surface area contributed by atoms with Gasteiger partial charge in [0.25, 0.3) is 0 Å². The summed E-state index contributed by atoms with van der Waals surface area (Å²) < 4.78 is 13.0. The maximum Gasteiger partial charge on any atom is 0.215 e. The third kappa shape index (κ3) is 1.79. The van der Waals surface area contributed by atoms with Crippen LogP contribution in [0.2, 0.25) is 0 Å². The van der Waals surface area contributed by atoms with Crippen LogP contribution in [0.3, 0.4) is 0 Å². The zero-order valence-electron chi connectivity index (χ0n) is 6.13. The van der Waals surface area contributed by atoms with Gasteiger partial charge in [0.1, 0.15) is 0 Å². The number of hydrogen-bond acceptors (Lipinski definition) is 1. The van der Waals surface area contributed by atoms with E-state index in [1.54, 1.807) is 12.2 Å². The summed E-state index contributed by atoms with van der Waals surface area (Å²) in [4.78, 5) is 3.65. The second-order valence-corrected chi connectivity index (χ2v) is 2.55. The van der Waals surface area contributed by atoms with Crippen LogP contribution in [0.15, 0.2) is 28.8 Å². The number of halogens is 1. The highest BCUT2D eigenvalue weighted by atomic mass is 19.1. The molecule has 1 nitrogen and oxygen atoms in total. The molecule has 0 saturated heterocycles. The Bertz CT molecular complexity index is 211. The molecule has 0 fully saturated rings. The Balaban J connectivity index is 2.88. The largest absolute Gasteiger partial charge is 0.250 e. The van der Waals surface area contributed by atoms with Gasteiger partial charge in [-0.05, 0) is 31.6 Å². The lowest BCUT2D eigenvalue weighted by molar-refractivity contribution is 0.273. The van der Waals surface area contributed by atoms with Gasteiger partial charge in [0.05, 0.1) is 0 Å². The van der Waals surface area contributed by atoms with Crippen LogP contribution in [-0.4, -0.2) is 12.0 Å². The highest BCUT2D eigenvalue weighted by Gasteiger charge is 2.15. The molecule has 0 aromatic rings. The molecule has 0 N–H and O–H groups in total. The fraction of sp³-hybridized carbons (Fsp3) is 0.375. The minimum absolute atomic E-state index is 1.02. The van der Waals surface area contributed by atoms with E-state index < -0.39 is 5.79 Å². The first-order valence-corrected chi connectivity index (χ1v) is 3.20. The predicted molar refractivity (Wildman–Crippen MR) is 40.9 cm³/mol. The summed E-state index contributed by atoms with van der Waals surface area (Å²) in [6.45, 7) is 3.33. The van der Waals surface area contributed by atoms with Gasteiger partial charge in [-0.2, -0.15) is 0 Å². The van der Waals surface area contributed by atoms with E-state index in [4.69, 9.17) is 0 Å². The van der Waals surface area contributed by atoms with E-state index in [-0.39, 0.29) is 0 Å². The Hall–Kier alpha value is -0.920. The van der Waals surface area contributed by atoms with Crippen molar-refractivity contribution in [3.8, 4) is 0 Å². The lowest BCUT2D eigenvalue weighted by atomic mass is 10.2. The molecule has 0 saturated carbocycles. The van der Waals surface area contributed by atoms with Gasteiger partial charge in [0.2, 0.25) is 5.79 Å². The summed E-state index contributed by atoms with van der Waals surface area (Å²) in [7, 11) is 0. The molecule has 1 aliphatic rings. The standard InChI is InChI=1S/C8H10FN/c1-7-3-5-8(2,9)10-6-4-7/h3-6H,1-2H3. The van der Waals surface area contributed by atoms with Crippen LogP contribution in [0.5, 0.6) is 0 Å². The molecular formula is C8H10FN. The molecule has 1 heterocycles. The van der Waals surface area contributed by atoms with Gasteiger partial charge < -0.3 is 0 Å². The molecule has 0 aromatic carbocycles. The zero-order valence-corrected chi connectivity index (χ0v) is 6.13. The van der Waals surface area contributed by atoms with Crippen molar-refractivity contribution in [1.82, 2.24) is 0 Å². The summed E-state index contributed by atoms with van der Waals surface area (Å²) >= 11 is 0. The van der Waals surface area contributed by atoms with Gasteiger partial charge >= 0.3 is 0 Å². The van der Waals surface area contributed by atoms with Crippen molar-refractivity contribution < 1.29 is 4.39 Å². The first kappa shape index (κ1) is 7.19. The molecule has 1 unspecified atom stereocenters. The van der Waals surface area contributed by atoms with Gasteiger partial charge in [0, 0.05) is 6.21 Å². The molecule has 0 aliphatic carbocycles. The Kier molecular flexibility index (Phi) is 1.70. The quantitative estimate of drug-likeness (QED) is 0.456. The fourth-order valence-corrected chi connectivity index (χ4v) is 0.683. The van der Waals surface area contributed by atoms with E-state index in [0.29, 0.717) is 0 Å². The van der Waals surface area contributed by atoms with Gasteiger partial charge in [-0.15, -0.1) is 0 Å². The van der Waals surface area contributed by atoms with Crippen LogP contribution in [0.1, 0.15) is 13.8 Å². The second kappa shape index (κ2) is 2.37. The third-order valence-electron chi connectivity index (χ3n) is 1.31. The predicted octanol–water partition coefficient (Wildman–Crippen LogP) is 2.26. The van der Waals surface area contributed by atoms with E-state index in [1.165, 1.54) is 19.2 Å². The normalized spacial score (nSPS) is 31.7. The van der Waals surface area contributed by atoms with Crippen molar-refractivity contribution in [2.75, 3.05) is 0 Å². The number of aliphatic imine (C=N–C) groups is 1. The van der Waals surface area contributed by atoms with Gasteiger partial charge in [-0.1, -0.05) is 6.08 Å². The first-order chi connectivity index (χ1) is 4.60. The Morgan fingerprint density at radius 3 is 3.00 bits per heavy atom. The van der Waals surface area contributed by atoms with Gasteiger partial charge in [-0.25, -0.2) is 4.39 Å². The average molecular weight is 139 g/mol. The van der Waals surface area contributed by atoms with E-state index in [0.717, 1.165) is 5.57 Å². The van der Waals surface area contributed by atoms with Gasteiger partial charge in [-0.3, -0.25) is 4.99 Å². The lowest BCUT2D eigenvalue weighted by Gasteiger charge is -2.06. The molecule has 10 heavy (non-hydrogen) atoms. The zero-order chi connectivity index (χ0) is 7.61. The Morgan fingerprint density at radius 2 is 2.30 bits per heavy atom. The monoisotopic (exact) mass is 139 g/mol. The van der Waals surface area contributed by atoms with E-state index in [2.05, 4.69) is 4.99 Å². The van der Waals surface area contributed by atoms with Crippen LogP contribution >= 0.6 is 0 Å². The molecule has 1 rings (SSSR count). The average Bonchev–Trinajstić information content (AvgIpc) is 1.94. The van der Waals surface area contributed by atoms with E-state index >= 15 is 0 Å². The highest BCUT2D eigenvalue weighted by Crippen LogP contribution is 2.16. The Labute approximate surface area is 60.0 Å². The van der Waals surface area contributed by atoms with Crippen LogP contribution in [-0.2, 0) is 0 Å². The maximum absolute atomic E-state index is 13.0. The minimum Gasteiger partial charge on any atom is -0.250 e. The first-order valence-electron chi connectivity index (χ1n) is 3.20. The SMILES string of the molecule is CC1=CC=NC(C)(F)C=C1. The maximum atomic E-state index is 13.0. The topological polar surface area (TPSA) is 12.4 Å². The number of rotatable bonds is 0. The molecule has 0 bridgehead atoms.